The van der Waals surface area contributed by atoms with E-state index < -0.39 is 12.0 Å². The van der Waals surface area contributed by atoms with Gasteiger partial charge in [0.1, 0.15) is 12.6 Å². The molecular weight excluding hydrogens is 280 g/mol. The van der Waals surface area contributed by atoms with Crippen LogP contribution in [0, 0.1) is 0 Å². The van der Waals surface area contributed by atoms with Crippen LogP contribution in [-0.2, 0) is 14.4 Å². The lowest BCUT2D eigenvalue weighted by Crippen LogP contribution is -2.52. The SMILES string of the molecule is CC12CCC(=O)N1C(C(=O)N(CC(=O)O)C1CC1)CS2. The Kier molecular flexibility index (Phi) is 3.19. The number of amides is 2. The lowest BCUT2D eigenvalue weighted by Gasteiger charge is -2.32. The number of thioether (sulfide) groups is 1. The molecule has 2 unspecified atom stereocenters. The lowest BCUT2D eigenvalue weighted by molar-refractivity contribution is -0.149. The number of aliphatic carboxylic acids is 1. The minimum absolute atomic E-state index is 0.0157. The van der Waals surface area contributed by atoms with Crippen molar-refractivity contribution in [1.29, 1.82) is 0 Å². The summed E-state index contributed by atoms with van der Waals surface area (Å²) in [5, 5.41) is 8.96. The number of nitrogens with zero attached hydrogens (tertiary/aromatic N) is 2. The molecule has 2 amide bonds. The van der Waals surface area contributed by atoms with Crippen molar-refractivity contribution in [3.05, 3.63) is 0 Å². The molecule has 2 aliphatic heterocycles. The number of carbonyl (C=O) groups is 3. The first-order chi connectivity index (χ1) is 9.42. The molecule has 0 spiro atoms. The molecule has 3 fully saturated rings. The molecule has 2 saturated heterocycles. The Hall–Kier alpha value is -1.24. The highest BCUT2D eigenvalue weighted by Crippen LogP contribution is 2.47. The molecule has 0 aromatic rings. The average molecular weight is 298 g/mol. The van der Waals surface area contributed by atoms with E-state index in [9.17, 15) is 14.4 Å². The Morgan fingerprint density at radius 1 is 1.50 bits per heavy atom. The van der Waals surface area contributed by atoms with Crippen LogP contribution in [0.25, 0.3) is 0 Å². The number of carboxylic acid groups (broad SMARTS) is 1. The van der Waals surface area contributed by atoms with E-state index in [1.54, 1.807) is 16.7 Å². The van der Waals surface area contributed by atoms with Crippen molar-refractivity contribution in [2.24, 2.45) is 0 Å². The second-order valence-electron chi connectivity index (χ2n) is 5.86. The third kappa shape index (κ3) is 2.17. The van der Waals surface area contributed by atoms with Gasteiger partial charge in [0.2, 0.25) is 11.8 Å². The molecular formula is C13H18N2O4S. The molecule has 20 heavy (non-hydrogen) atoms. The van der Waals surface area contributed by atoms with Crippen molar-refractivity contribution in [3.63, 3.8) is 0 Å². The van der Waals surface area contributed by atoms with Crippen LogP contribution in [-0.4, -0.2) is 61.9 Å². The Morgan fingerprint density at radius 3 is 2.80 bits per heavy atom. The van der Waals surface area contributed by atoms with Gasteiger partial charge in [-0.1, -0.05) is 0 Å². The van der Waals surface area contributed by atoms with Crippen molar-refractivity contribution < 1.29 is 19.5 Å². The van der Waals surface area contributed by atoms with Crippen molar-refractivity contribution in [3.8, 4) is 0 Å². The number of carboxylic acids is 1. The third-order valence-electron chi connectivity index (χ3n) is 4.31. The van der Waals surface area contributed by atoms with Crippen molar-refractivity contribution in [1.82, 2.24) is 9.80 Å². The zero-order valence-corrected chi connectivity index (χ0v) is 12.2. The van der Waals surface area contributed by atoms with Gasteiger partial charge in [-0.3, -0.25) is 14.4 Å². The topological polar surface area (TPSA) is 77.9 Å². The van der Waals surface area contributed by atoms with E-state index in [0.717, 1.165) is 19.3 Å². The van der Waals surface area contributed by atoms with E-state index in [0.29, 0.717) is 12.2 Å². The van der Waals surface area contributed by atoms with E-state index in [2.05, 4.69) is 0 Å². The van der Waals surface area contributed by atoms with Crippen LogP contribution in [0.2, 0.25) is 0 Å². The maximum atomic E-state index is 12.6. The van der Waals surface area contributed by atoms with Crippen LogP contribution < -0.4 is 0 Å². The molecule has 0 bridgehead atoms. The lowest BCUT2D eigenvalue weighted by atomic mass is 10.2. The first-order valence-corrected chi connectivity index (χ1v) is 7.89. The second kappa shape index (κ2) is 4.65. The highest BCUT2D eigenvalue weighted by atomic mass is 32.2. The summed E-state index contributed by atoms with van der Waals surface area (Å²) in [6.07, 6.45) is 2.98. The maximum absolute atomic E-state index is 12.6. The number of carbonyl (C=O) groups excluding carboxylic acids is 2. The maximum Gasteiger partial charge on any atom is 0.323 e. The molecule has 1 saturated carbocycles. The largest absolute Gasteiger partial charge is 0.480 e. The second-order valence-corrected chi connectivity index (χ2v) is 7.36. The van der Waals surface area contributed by atoms with E-state index in [1.165, 1.54) is 4.90 Å². The highest BCUT2D eigenvalue weighted by Gasteiger charge is 2.54. The van der Waals surface area contributed by atoms with E-state index >= 15 is 0 Å². The summed E-state index contributed by atoms with van der Waals surface area (Å²) >= 11 is 1.63. The summed E-state index contributed by atoms with van der Waals surface area (Å²) in [6, 6.07) is -0.437. The molecule has 3 aliphatic rings. The van der Waals surface area contributed by atoms with Crippen LogP contribution in [0.4, 0.5) is 0 Å². The van der Waals surface area contributed by atoms with E-state index in [4.69, 9.17) is 5.11 Å². The van der Waals surface area contributed by atoms with Crippen LogP contribution in [0.5, 0.6) is 0 Å². The van der Waals surface area contributed by atoms with Gasteiger partial charge < -0.3 is 14.9 Å². The zero-order chi connectivity index (χ0) is 14.5. The predicted molar refractivity (Wildman–Crippen MR) is 73.1 cm³/mol. The quantitative estimate of drug-likeness (QED) is 0.818. The van der Waals surface area contributed by atoms with Crippen molar-refractivity contribution >= 4 is 29.5 Å². The van der Waals surface area contributed by atoms with Crippen molar-refractivity contribution in [2.45, 2.75) is 49.6 Å². The number of rotatable bonds is 4. The minimum atomic E-state index is -0.994. The van der Waals surface area contributed by atoms with Gasteiger partial charge in [-0.25, -0.2) is 0 Å². The third-order valence-corrected chi connectivity index (χ3v) is 5.81. The summed E-state index contributed by atoms with van der Waals surface area (Å²) in [4.78, 5) is 38.5. The summed E-state index contributed by atoms with van der Waals surface area (Å²) < 4.78 is 0. The molecule has 1 N–H and O–H groups in total. The van der Waals surface area contributed by atoms with Gasteiger partial charge >= 0.3 is 5.97 Å². The molecule has 0 aromatic carbocycles. The Bertz CT molecular complexity index is 479. The van der Waals surface area contributed by atoms with Gasteiger partial charge in [-0.2, -0.15) is 0 Å². The van der Waals surface area contributed by atoms with Gasteiger partial charge in [0, 0.05) is 18.2 Å². The van der Waals surface area contributed by atoms with Gasteiger partial charge in [0.15, 0.2) is 0 Å². The summed E-state index contributed by atoms with van der Waals surface area (Å²) in [5.41, 5.74) is 0. The smallest absolute Gasteiger partial charge is 0.323 e. The van der Waals surface area contributed by atoms with Gasteiger partial charge in [0.05, 0.1) is 4.87 Å². The minimum Gasteiger partial charge on any atom is -0.480 e. The van der Waals surface area contributed by atoms with Crippen LogP contribution in [0.1, 0.15) is 32.6 Å². The van der Waals surface area contributed by atoms with Gasteiger partial charge in [-0.05, 0) is 26.2 Å². The molecule has 7 heteroatoms. The Morgan fingerprint density at radius 2 is 2.20 bits per heavy atom. The Labute approximate surface area is 121 Å². The van der Waals surface area contributed by atoms with Crippen LogP contribution in [0.3, 0.4) is 0 Å². The van der Waals surface area contributed by atoms with E-state index in [-0.39, 0.29) is 29.3 Å². The van der Waals surface area contributed by atoms with Gasteiger partial charge in [-0.15, -0.1) is 11.8 Å². The van der Waals surface area contributed by atoms with E-state index in [1.807, 2.05) is 6.92 Å². The summed E-state index contributed by atoms with van der Waals surface area (Å²) in [5.74, 6) is -0.598. The molecule has 0 radical (unpaired) electrons. The number of fused-ring (bicyclic) bond motifs is 1. The molecule has 2 heterocycles. The molecule has 2 atom stereocenters. The van der Waals surface area contributed by atoms with Gasteiger partial charge in [0.25, 0.3) is 0 Å². The summed E-state index contributed by atoms with van der Waals surface area (Å²) in [6.45, 7) is 1.73. The first-order valence-electron chi connectivity index (χ1n) is 6.91. The number of hydrogen-bond acceptors (Lipinski definition) is 4. The molecule has 110 valence electrons. The first kappa shape index (κ1) is 13.7. The van der Waals surface area contributed by atoms with Crippen LogP contribution in [0.15, 0.2) is 0 Å². The predicted octanol–water partition coefficient (Wildman–Crippen LogP) is 0.516. The van der Waals surface area contributed by atoms with Crippen LogP contribution >= 0.6 is 11.8 Å². The summed E-state index contributed by atoms with van der Waals surface area (Å²) in [7, 11) is 0. The fourth-order valence-electron chi connectivity index (χ4n) is 3.11. The fraction of sp³-hybridized carbons (Fsp3) is 0.769. The molecule has 6 nitrogen and oxygen atoms in total. The van der Waals surface area contributed by atoms with Crippen molar-refractivity contribution in [2.75, 3.05) is 12.3 Å². The fourth-order valence-corrected chi connectivity index (χ4v) is 4.54. The number of hydrogen-bond donors (Lipinski definition) is 1. The molecule has 0 aromatic heterocycles. The monoisotopic (exact) mass is 298 g/mol. The normalized spacial score (nSPS) is 32.4. The molecule has 1 aliphatic carbocycles. The average Bonchev–Trinajstić information content (AvgIpc) is 3.10. The standard InChI is InChI=1S/C13H18N2O4S/c1-13-5-4-10(16)15(13)9(7-20-13)12(19)14(6-11(17)18)8-2-3-8/h8-9H,2-7H2,1H3,(H,17,18). The molecule has 3 rings (SSSR count). The highest BCUT2D eigenvalue weighted by molar-refractivity contribution is 8.01. The zero-order valence-electron chi connectivity index (χ0n) is 11.4. The Balaban J connectivity index is 1.79.